The molecular formula is C17H17FN4O. The normalized spacial score (nSPS) is 12.1. The molecule has 0 saturated heterocycles. The van der Waals surface area contributed by atoms with Crippen LogP contribution >= 0.6 is 0 Å². The maximum Gasteiger partial charge on any atom is 0.259 e. The van der Waals surface area contributed by atoms with Gasteiger partial charge in [-0.1, -0.05) is 24.2 Å². The third-order valence-electron chi connectivity index (χ3n) is 3.53. The minimum Gasteiger partial charge on any atom is -0.368 e. The molecule has 2 aromatic heterocycles. The van der Waals surface area contributed by atoms with Crippen LogP contribution in [0.3, 0.4) is 0 Å². The Bertz CT molecular complexity index is 785. The van der Waals surface area contributed by atoms with E-state index in [2.05, 4.69) is 34.3 Å². The van der Waals surface area contributed by atoms with E-state index in [-0.39, 0.29) is 5.82 Å². The van der Waals surface area contributed by atoms with Crippen molar-refractivity contribution in [3.05, 3.63) is 48.4 Å². The van der Waals surface area contributed by atoms with E-state index in [1.165, 1.54) is 12.1 Å². The molecule has 0 radical (unpaired) electrons. The number of pyridine rings is 1. The lowest BCUT2D eigenvalue weighted by molar-refractivity contribution is 0.432. The van der Waals surface area contributed by atoms with E-state index in [9.17, 15) is 4.39 Å². The lowest BCUT2D eigenvalue weighted by Crippen LogP contribution is -2.14. The summed E-state index contributed by atoms with van der Waals surface area (Å²) in [6.45, 7) is 4.21. The van der Waals surface area contributed by atoms with Gasteiger partial charge in [-0.2, -0.15) is 4.98 Å². The Balaban J connectivity index is 1.80. The zero-order valence-corrected chi connectivity index (χ0v) is 13.0. The van der Waals surface area contributed by atoms with E-state index in [0.29, 0.717) is 23.3 Å². The fraction of sp³-hybridized carbons (Fsp3) is 0.235. The molecule has 3 aromatic rings. The van der Waals surface area contributed by atoms with Crippen LogP contribution in [0, 0.1) is 5.82 Å². The highest BCUT2D eigenvalue weighted by molar-refractivity contribution is 5.60. The lowest BCUT2D eigenvalue weighted by Gasteiger charge is -2.11. The van der Waals surface area contributed by atoms with Crippen LogP contribution < -0.4 is 5.32 Å². The van der Waals surface area contributed by atoms with Crippen molar-refractivity contribution in [2.45, 2.75) is 26.3 Å². The van der Waals surface area contributed by atoms with Gasteiger partial charge in [0.2, 0.25) is 5.82 Å². The Morgan fingerprint density at radius 3 is 2.78 bits per heavy atom. The molecule has 0 unspecified atom stereocenters. The average Bonchev–Trinajstić information content (AvgIpc) is 3.05. The highest BCUT2D eigenvalue weighted by Crippen LogP contribution is 2.23. The Labute approximate surface area is 133 Å². The number of hydrogen-bond donors (Lipinski definition) is 1. The number of halogens is 1. The van der Waals surface area contributed by atoms with Crippen molar-refractivity contribution >= 4 is 5.82 Å². The second-order valence-corrected chi connectivity index (χ2v) is 5.32. The lowest BCUT2D eigenvalue weighted by atomic mass is 10.2. The predicted octanol–water partition coefficient (Wildman–Crippen LogP) is 4.15. The van der Waals surface area contributed by atoms with E-state index in [0.717, 1.165) is 17.8 Å². The third kappa shape index (κ3) is 3.53. The molecule has 3 rings (SSSR count). The maximum absolute atomic E-state index is 13.3. The van der Waals surface area contributed by atoms with Crippen LogP contribution in [-0.4, -0.2) is 21.2 Å². The molecule has 0 aliphatic carbocycles. The molecule has 0 bridgehead atoms. The fourth-order valence-corrected chi connectivity index (χ4v) is 2.05. The molecule has 0 aliphatic rings. The van der Waals surface area contributed by atoms with Gasteiger partial charge in [-0.25, -0.2) is 9.37 Å². The van der Waals surface area contributed by atoms with Crippen LogP contribution in [0.15, 0.2) is 47.1 Å². The zero-order valence-electron chi connectivity index (χ0n) is 13.0. The molecule has 2 heterocycles. The maximum atomic E-state index is 13.3. The van der Waals surface area contributed by atoms with Gasteiger partial charge >= 0.3 is 0 Å². The highest BCUT2D eigenvalue weighted by atomic mass is 19.1. The first-order valence-corrected chi connectivity index (χ1v) is 7.48. The van der Waals surface area contributed by atoms with Crippen molar-refractivity contribution in [1.29, 1.82) is 0 Å². The van der Waals surface area contributed by atoms with Gasteiger partial charge in [0.1, 0.15) is 11.6 Å². The summed E-state index contributed by atoms with van der Waals surface area (Å²) in [5.41, 5.74) is 1.29. The van der Waals surface area contributed by atoms with Crippen molar-refractivity contribution in [1.82, 2.24) is 15.1 Å². The summed E-state index contributed by atoms with van der Waals surface area (Å²) in [5.74, 6) is 1.16. The second kappa shape index (κ2) is 6.56. The molecule has 0 saturated carbocycles. The quantitative estimate of drug-likeness (QED) is 0.767. The number of nitrogens with one attached hydrogen (secondary N) is 1. The van der Waals surface area contributed by atoms with Crippen molar-refractivity contribution in [3.63, 3.8) is 0 Å². The second-order valence-electron chi connectivity index (χ2n) is 5.32. The standard InChI is InChI=1S/C17H17FN4O/c1-3-11(2)20-15-8-7-13(10-19-15)17-21-16(22-23-17)12-5-4-6-14(18)9-12/h4-11H,3H2,1-2H3,(H,19,20)/t11-/m0/s1. The number of nitrogens with zero attached hydrogens (tertiary/aromatic N) is 3. The highest BCUT2D eigenvalue weighted by Gasteiger charge is 2.11. The summed E-state index contributed by atoms with van der Waals surface area (Å²) in [7, 11) is 0. The van der Waals surface area contributed by atoms with Gasteiger partial charge in [0.05, 0.1) is 5.56 Å². The van der Waals surface area contributed by atoms with Crippen molar-refractivity contribution in [2.24, 2.45) is 0 Å². The van der Waals surface area contributed by atoms with Gasteiger partial charge in [0.15, 0.2) is 0 Å². The average molecular weight is 312 g/mol. The number of hydrogen-bond acceptors (Lipinski definition) is 5. The summed E-state index contributed by atoms with van der Waals surface area (Å²) in [6.07, 6.45) is 2.69. The van der Waals surface area contributed by atoms with E-state index in [4.69, 9.17) is 4.52 Å². The van der Waals surface area contributed by atoms with Crippen LogP contribution in [0.4, 0.5) is 10.2 Å². The summed E-state index contributed by atoms with van der Waals surface area (Å²) in [6, 6.07) is 10.2. The molecule has 118 valence electrons. The molecule has 0 fully saturated rings. The van der Waals surface area contributed by atoms with E-state index < -0.39 is 0 Å². The summed E-state index contributed by atoms with van der Waals surface area (Å²) < 4.78 is 18.5. The monoisotopic (exact) mass is 312 g/mol. The van der Waals surface area contributed by atoms with Gasteiger partial charge < -0.3 is 9.84 Å². The fourth-order valence-electron chi connectivity index (χ4n) is 2.05. The van der Waals surface area contributed by atoms with Crippen molar-refractivity contribution < 1.29 is 8.91 Å². The van der Waals surface area contributed by atoms with Gasteiger partial charge in [0, 0.05) is 17.8 Å². The number of rotatable bonds is 5. The van der Waals surface area contributed by atoms with Crippen LogP contribution in [0.25, 0.3) is 22.8 Å². The molecule has 0 aliphatic heterocycles. The Morgan fingerprint density at radius 2 is 2.09 bits per heavy atom. The molecule has 6 heteroatoms. The molecule has 1 aromatic carbocycles. The molecule has 23 heavy (non-hydrogen) atoms. The number of aromatic nitrogens is 3. The SMILES string of the molecule is CC[C@H](C)Nc1ccc(-c2nc(-c3cccc(F)c3)no2)cn1. The predicted molar refractivity (Wildman–Crippen MR) is 86.3 cm³/mol. The molecule has 0 spiro atoms. The number of benzene rings is 1. The summed E-state index contributed by atoms with van der Waals surface area (Å²) in [4.78, 5) is 8.63. The third-order valence-corrected chi connectivity index (χ3v) is 3.53. The zero-order chi connectivity index (χ0) is 16.2. The first kappa shape index (κ1) is 15.1. The minimum absolute atomic E-state index is 0.337. The Morgan fingerprint density at radius 1 is 1.22 bits per heavy atom. The molecule has 5 nitrogen and oxygen atoms in total. The molecular weight excluding hydrogens is 295 g/mol. The first-order valence-electron chi connectivity index (χ1n) is 7.48. The van der Waals surface area contributed by atoms with Crippen LogP contribution in [0.1, 0.15) is 20.3 Å². The van der Waals surface area contributed by atoms with Crippen LogP contribution in [0.2, 0.25) is 0 Å². The molecule has 1 N–H and O–H groups in total. The van der Waals surface area contributed by atoms with Gasteiger partial charge in [0.25, 0.3) is 5.89 Å². The topological polar surface area (TPSA) is 63.8 Å². The number of anilines is 1. The van der Waals surface area contributed by atoms with Crippen molar-refractivity contribution in [3.8, 4) is 22.8 Å². The van der Waals surface area contributed by atoms with E-state index in [1.807, 2.05) is 12.1 Å². The smallest absolute Gasteiger partial charge is 0.259 e. The van der Waals surface area contributed by atoms with Crippen molar-refractivity contribution in [2.75, 3.05) is 5.32 Å². The molecule has 1 atom stereocenters. The Kier molecular flexibility index (Phi) is 4.32. The van der Waals surface area contributed by atoms with Gasteiger partial charge in [-0.15, -0.1) is 0 Å². The van der Waals surface area contributed by atoms with Gasteiger partial charge in [-0.3, -0.25) is 0 Å². The van der Waals surface area contributed by atoms with E-state index in [1.54, 1.807) is 18.3 Å². The van der Waals surface area contributed by atoms with E-state index >= 15 is 0 Å². The minimum atomic E-state index is -0.337. The summed E-state index contributed by atoms with van der Waals surface area (Å²) in [5, 5.41) is 7.18. The van der Waals surface area contributed by atoms with Crippen LogP contribution in [0.5, 0.6) is 0 Å². The van der Waals surface area contributed by atoms with Gasteiger partial charge in [-0.05, 0) is 37.6 Å². The Hall–Kier alpha value is -2.76. The largest absolute Gasteiger partial charge is 0.368 e. The molecule has 0 amide bonds. The summed E-state index contributed by atoms with van der Waals surface area (Å²) >= 11 is 0. The van der Waals surface area contributed by atoms with Crippen LogP contribution in [-0.2, 0) is 0 Å². The first-order chi connectivity index (χ1) is 11.2.